The first kappa shape index (κ1) is 21.9. The van der Waals surface area contributed by atoms with Gasteiger partial charge in [0.05, 0.1) is 11.7 Å². The van der Waals surface area contributed by atoms with Crippen LogP contribution in [0.4, 0.5) is 5.95 Å². The van der Waals surface area contributed by atoms with E-state index in [1.165, 1.54) is 11.1 Å². The van der Waals surface area contributed by atoms with Crippen molar-refractivity contribution < 1.29 is 0 Å². The zero-order valence-electron chi connectivity index (χ0n) is 18.5. The Bertz CT molecular complexity index is 843. The summed E-state index contributed by atoms with van der Waals surface area (Å²) in [6, 6.07) is 11.0. The molecule has 160 valence electrons. The molecule has 1 aliphatic rings. The lowest BCUT2D eigenvalue weighted by Crippen LogP contribution is -2.30. The fourth-order valence-electron chi connectivity index (χ4n) is 3.56. The molecule has 1 N–H and O–H groups in total. The molecule has 0 aliphatic carbocycles. The summed E-state index contributed by atoms with van der Waals surface area (Å²) in [5.41, 5.74) is 3.54. The Morgan fingerprint density at radius 3 is 2.57 bits per heavy atom. The van der Waals surface area contributed by atoms with Crippen molar-refractivity contribution in [1.29, 1.82) is 0 Å². The number of aromatic nitrogens is 2. The van der Waals surface area contributed by atoms with Gasteiger partial charge in [0, 0.05) is 37.6 Å². The van der Waals surface area contributed by atoms with Crippen LogP contribution < -0.4 is 5.32 Å². The number of hydrogen-bond acceptors (Lipinski definition) is 7. The molecule has 2 aromatic rings. The van der Waals surface area contributed by atoms with Gasteiger partial charge in [0.1, 0.15) is 0 Å². The smallest absolute Gasteiger partial charge is 0.223 e. The number of hydrogen-bond donors (Lipinski definition) is 1. The fraction of sp³-hybridized carbons (Fsp3) is 0.478. The monoisotopic (exact) mass is 407 g/mol. The molecule has 2 heterocycles. The maximum atomic E-state index is 4.72. The lowest BCUT2D eigenvalue weighted by Gasteiger charge is -2.28. The molecule has 1 aromatic carbocycles. The van der Waals surface area contributed by atoms with E-state index < -0.39 is 0 Å². The third kappa shape index (κ3) is 5.86. The molecule has 0 amide bonds. The van der Waals surface area contributed by atoms with E-state index in [0.717, 1.165) is 31.7 Å². The van der Waals surface area contributed by atoms with Crippen LogP contribution in [0, 0.1) is 0 Å². The molecule has 1 aromatic heterocycles. The van der Waals surface area contributed by atoms with Gasteiger partial charge in [-0.05, 0) is 50.6 Å². The van der Waals surface area contributed by atoms with Gasteiger partial charge in [-0.1, -0.05) is 38.1 Å². The lowest BCUT2D eigenvalue weighted by molar-refractivity contribution is 0.204. The van der Waals surface area contributed by atoms with Gasteiger partial charge in [0.25, 0.3) is 0 Å². The first-order valence-electron chi connectivity index (χ1n) is 10.8. The van der Waals surface area contributed by atoms with Crippen LogP contribution in [0.1, 0.15) is 56.9 Å². The van der Waals surface area contributed by atoms with Crippen molar-refractivity contribution >= 4 is 18.4 Å². The molecule has 2 atom stereocenters. The van der Waals surface area contributed by atoms with Gasteiger partial charge < -0.3 is 5.32 Å². The van der Waals surface area contributed by atoms with Crippen molar-refractivity contribution in [2.24, 2.45) is 10.2 Å². The van der Waals surface area contributed by atoms with Crippen LogP contribution in [0.25, 0.3) is 0 Å². The van der Waals surface area contributed by atoms with E-state index in [1.807, 2.05) is 25.4 Å². The highest BCUT2D eigenvalue weighted by Crippen LogP contribution is 2.25. The Kier molecular flexibility index (Phi) is 7.90. The van der Waals surface area contributed by atoms with Gasteiger partial charge in [0.15, 0.2) is 0 Å². The van der Waals surface area contributed by atoms with E-state index in [9.17, 15) is 0 Å². The number of nitrogens with zero attached hydrogens (tertiary/aromatic N) is 6. The molecule has 2 unspecified atom stereocenters. The lowest BCUT2D eigenvalue weighted by atomic mass is 9.97. The largest absolute Gasteiger partial charge is 0.350 e. The number of rotatable bonds is 9. The van der Waals surface area contributed by atoms with E-state index in [4.69, 9.17) is 4.98 Å². The maximum absolute atomic E-state index is 4.72. The first-order valence-corrected chi connectivity index (χ1v) is 10.8. The molecule has 0 fully saturated rings. The maximum Gasteiger partial charge on any atom is 0.223 e. The van der Waals surface area contributed by atoms with Crippen LogP contribution in [0.2, 0.25) is 0 Å². The van der Waals surface area contributed by atoms with Crippen molar-refractivity contribution in [1.82, 2.24) is 20.0 Å². The molecule has 0 spiro atoms. The Labute approximate surface area is 179 Å². The van der Waals surface area contributed by atoms with Gasteiger partial charge in [-0.15, -0.1) is 0 Å². The molecule has 0 saturated heterocycles. The van der Waals surface area contributed by atoms with Gasteiger partial charge in [-0.2, -0.15) is 15.3 Å². The van der Waals surface area contributed by atoms with E-state index in [1.54, 1.807) is 11.3 Å². The quantitative estimate of drug-likeness (QED) is 0.634. The van der Waals surface area contributed by atoms with E-state index >= 15 is 0 Å². The molecule has 1 aliphatic heterocycles. The summed E-state index contributed by atoms with van der Waals surface area (Å²) in [5, 5.41) is 13.8. The van der Waals surface area contributed by atoms with Crippen LogP contribution in [-0.4, -0.2) is 51.5 Å². The van der Waals surface area contributed by atoms with E-state index in [2.05, 4.69) is 70.4 Å². The summed E-state index contributed by atoms with van der Waals surface area (Å²) in [7, 11) is 0. The standard InChI is InChI=1S/C23H33N7/c1-5-26-30-18(4)14-21(16-27-30)22-12-13-24-23(28-22)25-15-19-8-10-20(11-9-19)17-29(6-2)7-3/h5,8-13,16,18,21H,6-7,14-15,17H2,1-4H3,(H,24,25,28)/b26-5-. The Balaban J connectivity index is 1.59. The molecule has 0 bridgehead atoms. The summed E-state index contributed by atoms with van der Waals surface area (Å²) in [6.07, 6.45) is 6.42. The Hall–Kier alpha value is -2.80. The predicted molar refractivity (Wildman–Crippen MR) is 124 cm³/mol. The highest BCUT2D eigenvalue weighted by Gasteiger charge is 2.23. The van der Waals surface area contributed by atoms with Crippen molar-refractivity contribution in [3.05, 3.63) is 53.3 Å². The van der Waals surface area contributed by atoms with E-state index in [0.29, 0.717) is 12.5 Å². The number of hydrazone groups is 2. The second kappa shape index (κ2) is 10.8. The highest BCUT2D eigenvalue weighted by molar-refractivity contribution is 5.68. The molecule has 7 nitrogen and oxygen atoms in total. The average Bonchev–Trinajstić information content (AvgIpc) is 2.78. The zero-order chi connectivity index (χ0) is 21.3. The first-order chi connectivity index (χ1) is 14.6. The van der Waals surface area contributed by atoms with Crippen LogP contribution in [0.5, 0.6) is 0 Å². The average molecular weight is 408 g/mol. The normalized spacial score (nSPS) is 19.0. The van der Waals surface area contributed by atoms with Crippen LogP contribution in [0.15, 0.2) is 46.7 Å². The zero-order valence-corrected chi connectivity index (χ0v) is 18.5. The van der Waals surface area contributed by atoms with Gasteiger partial charge >= 0.3 is 0 Å². The van der Waals surface area contributed by atoms with Crippen molar-refractivity contribution in [2.75, 3.05) is 18.4 Å². The second-order valence-corrected chi connectivity index (χ2v) is 7.59. The SMILES string of the molecule is C/C=N\N1N=CC(c2ccnc(NCc3ccc(CN(CC)CC)cc3)n2)CC1C. The fourth-order valence-corrected chi connectivity index (χ4v) is 3.56. The molecule has 3 rings (SSSR count). The highest BCUT2D eigenvalue weighted by atomic mass is 15.7. The third-order valence-electron chi connectivity index (χ3n) is 5.42. The topological polar surface area (TPSA) is 69.0 Å². The minimum absolute atomic E-state index is 0.172. The molecule has 0 saturated carbocycles. The molecule has 30 heavy (non-hydrogen) atoms. The summed E-state index contributed by atoms with van der Waals surface area (Å²) < 4.78 is 0. The van der Waals surface area contributed by atoms with Crippen molar-refractivity contribution in [3.8, 4) is 0 Å². The molecule has 7 heteroatoms. The van der Waals surface area contributed by atoms with Crippen LogP contribution >= 0.6 is 0 Å². The molecular weight excluding hydrogens is 374 g/mol. The van der Waals surface area contributed by atoms with Gasteiger partial charge in [-0.3, -0.25) is 4.90 Å². The van der Waals surface area contributed by atoms with Crippen LogP contribution in [0.3, 0.4) is 0 Å². The number of anilines is 1. The summed E-state index contributed by atoms with van der Waals surface area (Å²) in [4.78, 5) is 11.5. The summed E-state index contributed by atoms with van der Waals surface area (Å²) in [5.74, 6) is 0.820. The van der Waals surface area contributed by atoms with Gasteiger partial charge in [-0.25, -0.2) is 9.97 Å². The molecule has 0 radical (unpaired) electrons. The van der Waals surface area contributed by atoms with Crippen LogP contribution in [-0.2, 0) is 13.1 Å². The minimum atomic E-state index is 0.172. The van der Waals surface area contributed by atoms with Crippen molar-refractivity contribution in [3.63, 3.8) is 0 Å². The number of benzene rings is 1. The second-order valence-electron chi connectivity index (χ2n) is 7.59. The Morgan fingerprint density at radius 2 is 1.90 bits per heavy atom. The third-order valence-corrected chi connectivity index (χ3v) is 5.42. The minimum Gasteiger partial charge on any atom is -0.350 e. The van der Waals surface area contributed by atoms with Gasteiger partial charge in [0.2, 0.25) is 5.95 Å². The molecular formula is C23H33N7. The summed E-state index contributed by atoms with van der Waals surface area (Å²) >= 11 is 0. The summed E-state index contributed by atoms with van der Waals surface area (Å²) in [6.45, 7) is 12.3. The van der Waals surface area contributed by atoms with E-state index in [-0.39, 0.29) is 12.0 Å². The van der Waals surface area contributed by atoms with Crippen molar-refractivity contribution in [2.45, 2.75) is 59.2 Å². The predicted octanol–water partition coefficient (Wildman–Crippen LogP) is 4.10. The number of nitrogens with one attached hydrogen (secondary N) is 1. The Morgan fingerprint density at radius 1 is 1.17 bits per heavy atom.